The van der Waals surface area contributed by atoms with Crippen LogP contribution in [0.2, 0.25) is 0 Å². The number of nitrogens with one attached hydrogen (secondary N) is 1. The van der Waals surface area contributed by atoms with E-state index >= 15 is 0 Å². The number of nitrogens with two attached hydrogens (primary N) is 1. The molecule has 16 heavy (non-hydrogen) atoms. The molecule has 0 bridgehead atoms. The van der Waals surface area contributed by atoms with Gasteiger partial charge in [-0.3, -0.25) is 9.78 Å². The molecule has 0 aliphatic heterocycles. The van der Waals surface area contributed by atoms with Crippen molar-refractivity contribution in [3.8, 4) is 0 Å². The zero-order valence-corrected chi connectivity index (χ0v) is 10.0. The monoisotopic (exact) mass is 221 g/mol. The van der Waals surface area contributed by atoms with Crippen molar-refractivity contribution in [2.75, 3.05) is 5.73 Å². The van der Waals surface area contributed by atoms with Gasteiger partial charge in [0, 0.05) is 24.1 Å². The van der Waals surface area contributed by atoms with E-state index in [0.717, 1.165) is 6.42 Å². The highest BCUT2D eigenvalue weighted by atomic mass is 16.1. The minimum Gasteiger partial charge on any atom is -0.398 e. The molecule has 2 atom stereocenters. The molecule has 0 aromatic carbocycles. The van der Waals surface area contributed by atoms with Gasteiger partial charge in [0.2, 0.25) is 0 Å². The number of hydrogen-bond acceptors (Lipinski definition) is 3. The molecule has 1 aromatic heterocycles. The first-order chi connectivity index (χ1) is 7.56. The lowest BCUT2D eigenvalue weighted by atomic mass is 10.0. The van der Waals surface area contributed by atoms with Crippen LogP contribution >= 0.6 is 0 Å². The van der Waals surface area contributed by atoms with Gasteiger partial charge >= 0.3 is 0 Å². The van der Waals surface area contributed by atoms with Gasteiger partial charge in [-0.05, 0) is 18.9 Å². The fourth-order valence-electron chi connectivity index (χ4n) is 1.38. The average Bonchev–Trinajstić information content (AvgIpc) is 2.28. The van der Waals surface area contributed by atoms with Gasteiger partial charge in [0.15, 0.2) is 0 Å². The van der Waals surface area contributed by atoms with Crippen LogP contribution in [0.1, 0.15) is 37.6 Å². The quantitative estimate of drug-likeness (QED) is 0.815. The van der Waals surface area contributed by atoms with Gasteiger partial charge in [-0.2, -0.15) is 0 Å². The Balaban J connectivity index is 2.70. The van der Waals surface area contributed by atoms with Crippen molar-refractivity contribution >= 4 is 11.6 Å². The van der Waals surface area contributed by atoms with Crippen LogP contribution in [-0.2, 0) is 0 Å². The highest BCUT2D eigenvalue weighted by Crippen LogP contribution is 2.11. The van der Waals surface area contributed by atoms with Gasteiger partial charge in [-0.1, -0.05) is 20.3 Å². The summed E-state index contributed by atoms with van der Waals surface area (Å²) >= 11 is 0. The Morgan fingerprint density at radius 2 is 2.25 bits per heavy atom. The lowest BCUT2D eigenvalue weighted by Gasteiger charge is -2.20. The Morgan fingerprint density at radius 1 is 1.56 bits per heavy atom. The van der Waals surface area contributed by atoms with Gasteiger partial charge in [0.25, 0.3) is 5.91 Å². The number of amides is 1. The first kappa shape index (κ1) is 12.5. The number of nitrogen functional groups attached to an aromatic ring is 1. The smallest absolute Gasteiger partial charge is 0.255 e. The van der Waals surface area contributed by atoms with Crippen molar-refractivity contribution in [3.63, 3.8) is 0 Å². The van der Waals surface area contributed by atoms with Crippen LogP contribution in [0.15, 0.2) is 18.5 Å². The first-order valence-electron chi connectivity index (χ1n) is 5.56. The Kier molecular flexibility index (Phi) is 4.28. The Hall–Kier alpha value is -1.58. The van der Waals surface area contributed by atoms with Crippen molar-refractivity contribution in [2.45, 2.75) is 33.2 Å². The standard InChI is InChI=1S/C12H19N3O/c1-4-8(2)9(3)15-12(16)10-7-14-6-5-11(10)13/h5-9H,4H2,1-3H3,(H2,13,14)(H,15,16). The number of nitrogens with zero attached hydrogens (tertiary/aromatic N) is 1. The fraction of sp³-hybridized carbons (Fsp3) is 0.500. The Bertz CT molecular complexity index is 365. The van der Waals surface area contributed by atoms with Crippen molar-refractivity contribution in [2.24, 2.45) is 5.92 Å². The normalized spacial score (nSPS) is 14.2. The summed E-state index contributed by atoms with van der Waals surface area (Å²) in [6.45, 7) is 6.21. The molecule has 1 aromatic rings. The molecule has 1 rings (SSSR count). The van der Waals surface area contributed by atoms with E-state index < -0.39 is 0 Å². The molecule has 0 fully saturated rings. The number of carbonyl (C=O) groups is 1. The lowest BCUT2D eigenvalue weighted by molar-refractivity contribution is 0.0928. The summed E-state index contributed by atoms with van der Waals surface area (Å²) in [7, 11) is 0. The van der Waals surface area contributed by atoms with Crippen LogP contribution < -0.4 is 11.1 Å². The summed E-state index contributed by atoms with van der Waals surface area (Å²) < 4.78 is 0. The number of aromatic nitrogens is 1. The van der Waals surface area contributed by atoms with Gasteiger partial charge < -0.3 is 11.1 Å². The third kappa shape index (κ3) is 2.95. The number of carbonyl (C=O) groups excluding carboxylic acids is 1. The van der Waals surface area contributed by atoms with Gasteiger partial charge in [0.1, 0.15) is 0 Å². The van der Waals surface area contributed by atoms with Crippen LogP contribution in [0.5, 0.6) is 0 Å². The van der Waals surface area contributed by atoms with E-state index in [9.17, 15) is 4.79 Å². The number of hydrogen-bond donors (Lipinski definition) is 2. The summed E-state index contributed by atoms with van der Waals surface area (Å²) in [5.41, 5.74) is 6.61. The summed E-state index contributed by atoms with van der Waals surface area (Å²) in [4.78, 5) is 15.8. The zero-order chi connectivity index (χ0) is 12.1. The third-order valence-corrected chi connectivity index (χ3v) is 2.96. The van der Waals surface area contributed by atoms with Crippen LogP contribution in [0, 0.1) is 5.92 Å². The molecule has 88 valence electrons. The predicted octanol–water partition coefficient (Wildman–Crippen LogP) is 1.83. The number of rotatable bonds is 4. The highest BCUT2D eigenvalue weighted by Gasteiger charge is 2.15. The summed E-state index contributed by atoms with van der Waals surface area (Å²) in [5, 5.41) is 2.93. The van der Waals surface area contributed by atoms with Gasteiger partial charge in [0.05, 0.1) is 5.56 Å². The minimum atomic E-state index is -0.154. The molecule has 0 aliphatic rings. The van der Waals surface area contributed by atoms with E-state index in [1.807, 2.05) is 6.92 Å². The maximum atomic E-state index is 11.9. The maximum absolute atomic E-state index is 11.9. The molecule has 2 unspecified atom stereocenters. The molecule has 0 spiro atoms. The molecule has 4 heteroatoms. The molecule has 0 saturated carbocycles. The van der Waals surface area contributed by atoms with Crippen LogP contribution in [0.4, 0.5) is 5.69 Å². The van der Waals surface area contributed by atoms with Crippen LogP contribution in [-0.4, -0.2) is 16.9 Å². The van der Waals surface area contributed by atoms with Gasteiger partial charge in [-0.25, -0.2) is 0 Å². The third-order valence-electron chi connectivity index (χ3n) is 2.96. The number of anilines is 1. The molecular weight excluding hydrogens is 202 g/mol. The molecule has 0 saturated heterocycles. The van der Waals surface area contributed by atoms with Crippen molar-refractivity contribution in [1.29, 1.82) is 0 Å². The Labute approximate surface area is 96.3 Å². The van der Waals surface area contributed by atoms with E-state index in [2.05, 4.69) is 24.1 Å². The topological polar surface area (TPSA) is 68.0 Å². The first-order valence-corrected chi connectivity index (χ1v) is 5.56. The van der Waals surface area contributed by atoms with Gasteiger partial charge in [-0.15, -0.1) is 0 Å². The second-order valence-corrected chi connectivity index (χ2v) is 4.11. The SMILES string of the molecule is CCC(C)C(C)NC(=O)c1cnccc1N. The molecule has 0 aliphatic carbocycles. The van der Waals surface area contributed by atoms with Crippen molar-refractivity contribution in [1.82, 2.24) is 10.3 Å². The summed E-state index contributed by atoms with van der Waals surface area (Å²) in [6.07, 6.45) is 4.10. The molecule has 0 radical (unpaired) electrons. The van der Waals surface area contributed by atoms with Crippen LogP contribution in [0.25, 0.3) is 0 Å². The van der Waals surface area contributed by atoms with Crippen molar-refractivity contribution < 1.29 is 4.79 Å². The minimum absolute atomic E-state index is 0.136. The molecule has 4 nitrogen and oxygen atoms in total. The van der Waals surface area contributed by atoms with E-state index in [1.54, 1.807) is 12.3 Å². The van der Waals surface area contributed by atoms with E-state index in [4.69, 9.17) is 5.73 Å². The second kappa shape index (κ2) is 5.49. The van der Waals surface area contributed by atoms with E-state index in [1.165, 1.54) is 6.20 Å². The largest absolute Gasteiger partial charge is 0.398 e. The average molecular weight is 221 g/mol. The van der Waals surface area contributed by atoms with E-state index in [0.29, 0.717) is 17.2 Å². The van der Waals surface area contributed by atoms with Crippen molar-refractivity contribution in [3.05, 3.63) is 24.0 Å². The highest BCUT2D eigenvalue weighted by molar-refractivity contribution is 5.98. The molecule has 1 heterocycles. The number of pyridine rings is 1. The molecule has 1 amide bonds. The van der Waals surface area contributed by atoms with Crippen LogP contribution in [0.3, 0.4) is 0 Å². The lowest BCUT2D eigenvalue weighted by Crippen LogP contribution is -2.37. The second-order valence-electron chi connectivity index (χ2n) is 4.11. The summed E-state index contributed by atoms with van der Waals surface area (Å²) in [6, 6.07) is 1.76. The fourth-order valence-corrected chi connectivity index (χ4v) is 1.38. The zero-order valence-electron chi connectivity index (χ0n) is 10.0. The molecular formula is C12H19N3O. The Morgan fingerprint density at radius 3 is 2.81 bits per heavy atom. The molecule has 3 N–H and O–H groups in total. The predicted molar refractivity (Wildman–Crippen MR) is 65.0 cm³/mol. The summed E-state index contributed by atoms with van der Waals surface area (Å²) in [5.74, 6) is 0.292. The maximum Gasteiger partial charge on any atom is 0.255 e. The van der Waals surface area contributed by atoms with E-state index in [-0.39, 0.29) is 11.9 Å².